The van der Waals surface area contributed by atoms with Gasteiger partial charge in [-0.05, 0) is 19.1 Å². The third kappa shape index (κ3) is 3.69. The Morgan fingerprint density at radius 3 is 2.83 bits per heavy atom. The average molecular weight is 351 g/mol. The van der Waals surface area contributed by atoms with Crippen LogP contribution in [0.25, 0.3) is 0 Å². The first-order valence-corrected chi connectivity index (χ1v) is 9.70. The summed E-state index contributed by atoms with van der Waals surface area (Å²) >= 11 is 0. The highest BCUT2D eigenvalue weighted by atomic mass is 32.2. The maximum absolute atomic E-state index is 12.6. The van der Waals surface area contributed by atoms with Gasteiger partial charge in [-0.3, -0.25) is 9.48 Å². The fraction of sp³-hybridized carbons (Fsp3) is 0.500. The van der Waals surface area contributed by atoms with Gasteiger partial charge in [-0.2, -0.15) is 5.10 Å². The van der Waals surface area contributed by atoms with Crippen LogP contribution in [-0.2, 0) is 28.1 Å². The molecule has 0 saturated carbocycles. The van der Waals surface area contributed by atoms with Gasteiger partial charge in [-0.1, -0.05) is 0 Å². The van der Waals surface area contributed by atoms with Crippen LogP contribution in [0.15, 0.2) is 28.9 Å². The topological polar surface area (TPSA) is 85.4 Å². The molecule has 3 rings (SSSR count). The molecule has 1 amide bonds. The van der Waals surface area contributed by atoms with E-state index in [1.54, 1.807) is 29.0 Å². The highest BCUT2D eigenvalue weighted by Crippen LogP contribution is 2.27. The van der Waals surface area contributed by atoms with E-state index in [9.17, 15) is 13.2 Å². The normalized spacial score (nSPS) is 20.2. The van der Waals surface area contributed by atoms with E-state index in [0.29, 0.717) is 12.8 Å². The van der Waals surface area contributed by atoms with Crippen LogP contribution in [0.4, 0.5) is 0 Å². The lowest BCUT2D eigenvalue weighted by Gasteiger charge is -2.35. The van der Waals surface area contributed by atoms with E-state index in [4.69, 9.17) is 4.42 Å². The van der Waals surface area contributed by atoms with Crippen LogP contribution in [0, 0.1) is 6.92 Å². The highest BCUT2D eigenvalue weighted by molar-refractivity contribution is 7.91. The quantitative estimate of drug-likeness (QED) is 0.828. The molecule has 1 aliphatic heterocycles. The van der Waals surface area contributed by atoms with Crippen LogP contribution >= 0.6 is 0 Å². The molecule has 24 heavy (non-hydrogen) atoms. The number of nitrogens with zero attached hydrogens (tertiary/aromatic N) is 3. The van der Waals surface area contributed by atoms with E-state index in [2.05, 4.69) is 5.10 Å². The van der Waals surface area contributed by atoms with Gasteiger partial charge in [0, 0.05) is 38.2 Å². The van der Waals surface area contributed by atoms with Crippen LogP contribution in [0.5, 0.6) is 0 Å². The standard InChI is InChI=1S/C16H21N3O4S/c1-12-3-4-14(23-12)5-6-16(20)19-7-8-24(21,22)11-15(19)13-9-17-18(2)10-13/h3-4,9-10,15H,5-8,11H2,1-2H3. The van der Waals surface area contributed by atoms with Gasteiger partial charge < -0.3 is 9.32 Å². The van der Waals surface area contributed by atoms with Crippen molar-refractivity contribution in [3.05, 3.63) is 41.6 Å². The van der Waals surface area contributed by atoms with Gasteiger partial charge in [-0.25, -0.2) is 8.42 Å². The summed E-state index contributed by atoms with van der Waals surface area (Å²) in [5, 5.41) is 4.10. The van der Waals surface area contributed by atoms with E-state index >= 15 is 0 Å². The predicted molar refractivity (Wildman–Crippen MR) is 88.1 cm³/mol. The lowest BCUT2D eigenvalue weighted by atomic mass is 10.1. The van der Waals surface area contributed by atoms with Gasteiger partial charge >= 0.3 is 0 Å². The predicted octanol–water partition coefficient (Wildman–Crippen LogP) is 1.25. The maximum Gasteiger partial charge on any atom is 0.223 e. The molecule has 2 aromatic heterocycles. The molecule has 1 aliphatic rings. The zero-order valence-electron chi connectivity index (χ0n) is 13.8. The Labute approximate surface area is 141 Å². The van der Waals surface area contributed by atoms with Gasteiger partial charge in [0.25, 0.3) is 0 Å². The van der Waals surface area contributed by atoms with Crippen molar-refractivity contribution in [1.82, 2.24) is 14.7 Å². The lowest BCUT2D eigenvalue weighted by Crippen LogP contribution is -2.46. The Morgan fingerprint density at radius 2 is 2.21 bits per heavy atom. The smallest absolute Gasteiger partial charge is 0.223 e. The zero-order valence-corrected chi connectivity index (χ0v) is 14.6. The fourth-order valence-electron chi connectivity index (χ4n) is 2.99. The molecule has 0 N–H and O–H groups in total. The molecule has 0 aromatic carbocycles. The number of carbonyl (C=O) groups excluding carboxylic acids is 1. The number of furan rings is 1. The Bertz CT molecular complexity index is 837. The summed E-state index contributed by atoms with van der Waals surface area (Å²) in [5.41, 5.74) is 0.753. The Hall–Kier alpha value is -2.09. The summed E-state index contributed by atoms with van der Waals surface area (Å²) in [7, 11) is -1.38. The van der Waals surface area contributed by atoms with Gasteiger partial charge in [-0.15, -0.1) is 0 Å². The molecule has 1 saturated heterocycles. The van der Waals surface area contributed by atoms with E-state index in [0.717, 1.165) is 17.1 Å². The van der Waals surface area contributed by atoms with Crippen LogP contribution in [0.3, 0.4) is 0 Å². The molecule has 0 spiro atoms. The van der Waals surface area contributed by atoms with Crippen LogP contribution in [0.2, 0.25) is 0 Å². The maximum atomic E-state index is 12.6. The summed E-state index contributed by atoms with van der Waals surface area (Å²) in [6.45, 7) is 2.08. The van der Waals surface area contributed by atoms with Crippen LogP contribution < -0.4 is 0 Å². The Kier molecular flexibility index (Phi) is 4.49. The van der Waals surface area contributed by atoms with Crippen molar-refractivity contribution in [2.45, 2.75) is 25.8 Å². The fourth-order valence-corrected chi connectivity index (χ4v) is 4.48. The largest absolute Gasteiger partial charge is 0.466 e. The first kappa shape index (κ1) is 16.8. The number of carbonyl (C=O) groups is 1. The van der Waals surface area contributed by atoms with Gasteiger partial charge in [0.1, 0.15) is 11.5 Å². The molecule has 0 bridgehead atoms. The molecule has 3 heterocycles. The number of hydrogen-bond donors (Lipinski definition) is 0. The van der Waals surface area contributed by atoms with Crippen LogP contribution in [-0.4, -0.2) is 47.1 Å². The van der Waals surface area contributed by atoms with Crippen molar-refractivity contribution in [3.63, 3.8) is 0 Å². The highest BCUT2D eigenvalue weighted by Gasteiger charge is 2.35. The third-order valence-corrected chi connectivity index (χ3v) is 5.87. The first-order chi connectivity index (χ1) is 11.3. The van der Waals surface area contributed by atoms with Gasteiger partial charge in [0.05, 0.1) is 23.7 Å². The van der Waals surface area contributed by atoms with Crippen molar-refractivity contribution >= 4 is 15.7 Å². The summed E-state index contributed by atoms with van der Waals surface area (Å²) < 4.78 is 31.1. The van der Waals surface area contributed by atoms with Crippen molar-refractivity contribution in [1.29, 1.82) is 0 Å². The third-order valence-electron chi connectivity index (χ3n) is 4.24. The number of rotatable bonds is 4. The molecule has 130 valence electrons. The second-order valence-electron chi connectivity index (χ2n) is 6.18. The van der Waals surface area contributed by atoms with Crippen molar-refractivity contribution < 1.29 is 17.6 Å². The Balaban J connectivity index is 1.74. The van der Waals surface area contributed by atoms with Gasteiger partial charge in [0.15, 0.2) is 9.84 Å². The van der Waals surface area contributed by atoms with Crippen molar-refractivity contribution in [2.24, 2.45) is 7.05 Å². The van der Waals surface area contributed by atoms with Crippen LogP contribution in [0.1, 0.15) is 29.5 Å². The molecular weight excluding hydrogens is 330 g/mol. The van der Waals surface area contributed by atoms with E-state index < -0.39 is 15.9 Å². The molecule has 1 atom stereocenters. The Morgan fingerprint density at radius 1 is 1.42 bits per heavy atom. The minimum Gasteiger partial charge on any atom is -0.466 e. The molecule has 0 radical (unpaired) electrons. The number of amides is 1. The second-order valence-corrected chi connectivity index (χ2v) is 8.41. The molecule has 1 unspecified atom stereocenters. The summed E-state index contributed by atoms with van der Waals surface area (Å²) in [4.78, 5) is 14.3. The second kappa shape index (κ2) is 6.43. The summed E-state index contributed by atoms with van der Waals surface area (Å²) in [6.07, 6.45) is 4.20. The number of aromatic nitrogens is 2. The molecule has 7 nitrogen and oxygen atoms in total. The summed E-state index contributed by atoms with van der Waals surface area (Å²) in [5.74, 6) is 1.48. The minimum atomic E-state index is -3.15. The lowest BCUT2D eigenvalue weighted by molar-refractivity contribution is -0.133. The average Bonchev–Trinajstić information content (AvgIpc) is 3.12. The van der Waals surface area contributed by atoms with E-state index in [1.807, 2.05) is 19.1 Å². The molecule has 2 aromatic rings. The first-order valence-electron chi connectivity index (χ1n) is 7.88. The molecule has 1 fully saturated rings. The molecular formula is C16H21N3O4S. The monoisotopic (exact) mass is 351 g/mol. The van der Waals surface area contributed by atoms with Crippen molar-refractivity contribution in [3.8, 4) is 0 Å². The number of aryl methyl sites for hydroxylation is 3. The summed E-state index contributed by atoms with van der Waals surface area (Å²) in [6, 6.07) is 3.26. The van der Waals surface area contributed by atoms with E-state index in [1.165, 1.54) is 0 Å². The van der Waals surface area contributed by atoms with E-state index in [-0.39, 0.29) is 24.0 Å². The SMILES string of the molecule is Cc1ccc(CCC(=O)N2CCS(=O)(=O)CC2c2cnn(C)c2)o1. The minimum absolute atomic E-state index is 0.00929. The van der Waals surface area contributed by atoms with Crippen molar-refractivity contribution in [2.75, 3.05) is 18.1 Å². The number of hydrogen-bond acceptors (Lipinski definition) is 5. The molecule has 0 aliphatic carbocycles. The number of sulfone groups is 1. The molecule has 8 heteroatoms. The zero-order chi connectivity index (χ0) is 17.3. The van der Waals surface area contributed by atoms with Gasteiger partial charge in [0.2, 0.25) is 5.91 Å².